The zero-order valence-electron chi connectivity index (χ0n) is 12.2. The van der Waals surface area contributed by atoms with Gasteiger partial charge < -0.3 is 15.8 Å². The molecule has 110 valence electrons. The molecule has 2 aliphatic rings. The summed E-state index contributed by atoms with van der Waals surface area (Å²) >= 11 is 0. The number of amides is 1. The number of ether oxygens (including phenoxy) is 1. The number of hydrogen-bond acceptors (Lipinski definition) is 4. The maximum Gasteiger partial charge on any atom is 0.237 e. The average molecular weight is 269 g/mol. The Morgan fingerprint density at radius 3 is 2.84 bits per heavy atom. The lowest BCUT2D eigenvalue weighted by Crippen LogP contribution is -2.54. The van der Waals surface area contributed by atoms with E-state index in [-0.39, 0.29) is 5.91 Å². The number of nitrogens with one attached hydrogen (secondary N) is 1. The maximum absolute atomic E-state index is 11.7. The van der Waals surface area contributed by atoms with Crippen LogP contribution in [-0.2, 0) is 9.53 Å². The minimum atomic E-state index is -0.545. The number of carbonyl (C=O) groups is 1. The zero-order valence-corrected chi connectivity index (χ0v) is 12.2. The standard InChI is InChI=1S/C14H27N3O2/c1-11-10-19-9-8-17(11)7-3-6-14(2,13(15)18)16-12-4-5-12/h11-12,16H,3-10H2,1-2H3,(H2,15,18). The van der Waals surface area contributed by atoms with Gasteiger partial charge in [-0.05, 0) is 46.1 Å². The molecule has 19 heavy (non-hydrogen) atoms. The molecule has 2 unspecified atom stereocenters. The summed E-state index contributed by atoms with van der Waals surface area (Å²) in [5.74, 6) is -0.227. The Balaban J connectivity index is 1.76. The molecule has 1 aliphatic carbocycles. The van der Waals surface area contributed by atoms with Crippen LogP contribution in [0.2, 0.25) is 0 Å². The molecular weight excluding hydrogens is 242 g/mol. The van der Waals surface area contributed by atoms with Gasteiger partial charge in [0.05, 0.1) is 18.8 Å². The number of primary amides is 1. The summed E-state index contributed by atoms with van der Waals surface area (Å²) in [4.78, 5) is 14.1. The molecular formula is C14H27N3O2. The van der Waals surface area contributed by atoms with Crippen molar-refractivity contribution in [2.24, 2.45) is 5.73 Å². The quantitative estimate of drug-likeness (QED) is 0.705. The van der Waals surface area contributed by atoms with Crippen LogP contribution in [0.4, 0.5) is 0 Å². The van der Waals surface area contributed by atoms with Gasteiger partial charge >= 0.3 is 0 Å². The van der Waals surface area contributed by atoms with E-state index in [9.17, 15) is 4.79 Å². The molecule has 2 atom stereocenters. The lowest BCUT2D eigenvalue weighted by atomic mass is 9.94. The summed E-state index contributed by atoms with van der Waals surface area (Å²) in [5, 5.41) is 3.40. The molecule has 3 N–H and O–H groups in total. The van der Waals surface area contributed by atoms with E-state index in [1.165, 1.54) is 12.8 Å². The van der Waals surface area contributed by atoms with E-state index in [1.807, 2.05) is 6.92 Å². The summed E-state index contributed by atoms with van der Waals surface area (Å²) < 4.78 is 5.43. The van der Waals surface area contributed by atoms with Crippen molar-refractivity contribution in [3.05, 3.63) is 0 Å². The van der Waals surface area contributed by atoms with Gasteiger partial charge in [-0.2, -0.15) is 0 Å². The lowest BCUT2D eigenvalue weighted by Gasteiger charge is -2.34. The molecule has 5 heteroatoms. The minimum Gasteiger partial charge on any atom is -0.379 e. The first-order valence-electron chi connectivity index (χ1n) is 7.41. The van der Waals surface area contributed by atoms with Crippen molar-refractivity contribution in [3.63, 3.8) is 0 Å². The Hall–Kier alpha value is -0.650. The minimum absolute atomic E-state index is 0.227. The summed E-state index contributed by atoms with van der Waals surface area (Å²) in [6.07, 6.45) is 4.14. The second-order valence-electron chi connectivity index (χ2n) is 6.18. The monoisotopic (exact) mass is 269 g/mol. The first-order valence-corrected chi connectivity index (χ1v) is 7.41. The van der Waals surface area contributed by atoms with Gasteiger partial charge in [0.2, 0.25) is 5.91 Å². The Morgan fingerprint density at radius 2 is 2.26 bits per heavy atom. The molecule has 0 spiro atoms. The second-order valence-corrected chi connectivity index (χ2v) is 6.18. The number of hydrogen-bond donors (Lipinski definition) is 2. The third-order valence-corrected chi connectivity index (χ3v) is 4.27. The highest BCUT2D eigenvalue weighted by molar-refractivity contribution is 5.84. The normalized spacial score (nSPS) is 28.0. The fraction of sp³-hybridized carbons (Fsp3) is 0.929. The molecule has 1 saturated heterocycles. The van der Waals surface area contributed by atoms with Gasteiger partial charge in [0.15, 0.2) is 0 Å². The number of nitrogens with two attached hydrogens (primary N) is 1. The van der Waals surface area contributed by atoms with Crippen LogP contribution in [0.15, 0.2) is 0 Å². The van der Waals surface area contributed by atoms with Crippen LogP contribution < -0.4 is 11.1 Å². The maximum atomic E-state index is 11.7. The van der Waals surface area contributed by atoms with Crippen LogP contribution in [0.3, 0.4) is 0 Å². The van der Waals surface area contributed by atoms with E-state index in [4.69, 9.17) is 10.5 Å². The topological polar surface area (TPSA) is 67.6 Å². The number of carbonyl (C=O) groups excluding carboxylic acids is 1. The van der Waals surface area contributed by atoms with Gasteiger partial charge in [0.25, 0.3) is 0 Å². The third kappa shape index (κ3) is 4.16. The molecule has 2 fully saturated rings. The zero-order chi connectivity index (χ0) is 13.9. The van der Waals surface area contributed by atoms with Crippen molar-refractivity contribution < 1.29 is 9.53 Å². The Morgan fingerprint density at radius 1 is 1.53 bits per heavy atom. The molecule has 5 nitrogen and oxygen atoms in total. The van der Waals surface area contributed by atoms with Crippen LogP contribution in [0.1, 0.15) is 39.5 Å². The first-order chi connectivity index (χ1) is 9.01. The molecule has 0 aromatic heterocycles. The highest BCUT2D eigenvalue weighted by Gasteiger charge is 2.36. The fourth-order valence-corrected chi connectivity index (χ4v) is 2.67. The summed E-state index contributed by atoms with van der Waals surface area (Å²) in [5.41, 5.74) is 5.01. The predicted octanol–water partition coefficient (Wildman–Crippen LogP) is 0.483. The van der Waals surface area contributed by atoms with Gasteiger partial charge in [-0.3, -0.25) is 9.69 Å². The van der Waals surface area contributed by atoms with Crippen molar-refractivity contribution in [3.8, 4) is 0 Å². The average Bonchev–Trinajstić information content (AvgIpc) is 3.15. The summed E-state index contributed by atoms with van der Waals surface area (Å²) in [7, 11) is 0. The Bertz CT molecular complexity index is 320. The van der Waals surface area contributed by atoms with Crippen molar-refractivity contribution in [2.45, 2.75) is 57.2 Å². The Kier molecular flexibility index (Phi) is 4.81. The molecule has 0 bridgehead atoms. The molecule has 1 aliphatic heterocycles. The largest absolute Gasteiger partial charge is 0.379 e. The molecule has 1 amide bonds. The van der Waals surface area contributed by atoms with Gasteiger partial charge in [0, 0.05) is 18.6 Å². The first kappa shape index (κ1) is 14.8. The Labute approximate surface area is 115 Å². The predicted molar refractivity (Wildman–Crippen MR) is 74.8 cm³/mol. The highest BCUT2D eigenvalue weighted by atomic mass is 16.5. The highest BCUT2D eigenvalue weighted by Crippen LogP contribution is 2.25. The van der Waals surface area contributed by atoms with Crippen LogP contribution in [0, 0.1) is 0 Å². The SMILES string of the molecule is CC1COCCN1CCCC(C)(NC1CC1)C(N)=O. The second kappa shape index (κ2) is 6.20. The van der Waals surface area contributed by atoms with Gasteiger partial charge in [-0.15, -0.1) is 0 Å². The van der Waals surface area contributed by atoms with Crippen molar-refractivity contribution in [1.82, 2.24) is 10.2 Å². The van der Waals surface area contributed by atoms with Gasteiger partial charge in [-0.1, -0.05) is 0 Å². The molecule has 0 radical (unpaired) electrons. The lowest BCUT2D eigenvalue weighted by molar-refractivity contribution is -0.124. The smallest absolute Gasteiger partial charge is 0.237 e. The molecule has 0 aromatic carbocycles. The number of nitrogens with zero attached hydrogens (tertiary/aromatic N) is 1. The van der Waals surface area contributed by atoms with Crippen LogP contribution >= 0.6 is 0 Å². The molecule has 1 saturated carbocycles. The molecule has 0 aromatic rings. The molecule has 1 heterocycles. The van der Waals surface area contributed by atoms with E-state index in [2.05, 4.69) is 17.1 Å². The van der Waals surface area contributed by atoms with Crippen LogP contribution in [-0.4, -0.2) is 54.7 Å². The van der Waals surface area contributed by atoms with Crippen molar-refractivity contribution in [1.29, 1.82) is 0 Å². The van der Waals surface area contributed by atoms with Gasteiger partial charge in [-0.25, -0.2) is 0 Å². The summed E-state index contributed by atoms with van der Waals surface area (Å²) in [6, 6.07) is 0.977. The van der Waals surface area contributed by atoms with E-state index in [0.717, 1.165) is 39.1 Å². The van der Waals surface area contributed by atoms with Crippen LogP contribution in [0.5, 0.6) is 0 Å². The summed E-state index contributed by atoms with van der Waals surface area (Å²) in [6.45, 7) is 7.76. The fourth-order valence-electron chi connectivity index (χ4n) is 2.67. The van der Waals surface area contributed by atoms with Gasteiger partial charge in [0.1, 0.15) is 0 Å². The third-order valence-electron chi connectivity index (χ3n) is 4.27. The van der Waals surface area contributed by atoms with Crippen molar-refractivity contribution in [2.75, 3.05) is 26.3 Å². The molecule has 2 rings (SSSR count). The van der Waals surface area contributed by atoms with Crippen molar-refractivity contribution >= 4 is 5.91 Å². The van der Waals surface area contributed by atoms with E-state index in [0.29, 0.717) is 12.1 Å². The number of rotatable bonds is 7. The number of morpholine rings is 1. The van der Waals surface area contributed by atoms with E-state index in [1.54, 1.807) is 0 Å². The van der Waals surface area contributed by atoms with E-state index >= 15 is 0 Å². The van der Waals surface area contributed by atoms with E-state index < -0.39 is 5.54 Å². The van der Waals surface area contributed by atoms with Crippen LogP contribution in [0.25, 0.3) is 0 Å².